The standard InChI is InChI=1S/C30H33N3O/c1-17-13-20(14-18(2)29(17)34-8)27-22-10-9-21(31)15-25(22)32(6)28-23(27)11-12-24-26(28)19(3)16-30(4,5)33(24)7/h9-16,31H,1-8H3. The number of fused-ring (bicyclic) bond motifs is 4. The lowest BCUT2D eigenvalue weighted by atomic mass is 9.84. The maximum atomic E-state index is 8.34. The van der Waals surface area contributed by atoms with Crippen LogP contribution in [-0.2, 0) is 7.05 Å². The summed E-state index contributed by atoms with van der Waals surface area (Å²) in [4.78, 5) is 2.36. The van der Waals surface area contributed by atoms with E-state index in [0.29, 0.717) is 5.36 Å². The van der Waals surface area contributed by atoms with Gasteiger partial charge in [0, 0.05) is 41.9 Å². The first kappa shape index (κ1) is 22.3. The van der Waals surface area contributed by atoms with Crippen LogP contribution in [0, 0.1) is 19.3 Å². The second-order valence-corrected chi connectivity index (χ2v) is 10.2. The molecule has 0 saturated heterocycles. The van der Waals surface area contributed by atoms with E-state index in [4.69, 9.17) is 10.1 Å². The van der Waals surface area contributed by atoms with E-state index in [1.54, 1.807) is 7.11 Å². The van der Waals surface area contributed by atoms with Crippen LogP contribution in [0.4, 0.5) is 5.69 Å². The summed E-state index contributed by atoms with van der Waals surface area (Å²) in [5.74, 6) is 0.937. The van der Waals surface area contributed by atoms with Gasteiger partial charge in [-0.2, -0.15) is 0 Å². The molecule has 2 aromatic carbocycles. The molecule has 0 radical (unpaired) electrons. The number of aromatic nitrogens is 1. The summed E-state index contributed by atoms with van der Waals surface area (Å²) >= 11 is 0. The van der Waals surface area contributed by atoms with E-state index in [9.17, 15) is 0 Å². The summed E-state index contributed by atoms with van der Waals surface area (Å²) < 4.78 is 7.93. The molecule has 174 valence electrons. The number of benzene rings is 3. The minimum Gasteiger partial charge on any atom is -0.496 e. The molecule has 1 N–H and O–H groups in total. The quantitative estimate of drug-likeness (QED) is 0.345. The lowest BCUT2D eigenvalue weighted by Crippen LogP contribution is -2.42. The Bertz CT molecular complexity index is 1510. The van der Waals surface area contributed by atoms with Gasteiger partial charge in [0.05, 0.1) is 29.2 Å². The highest BCUT2D eigenvalue weighted by atomic mass is 16.5. The Balaban J connectivity index is 1.99. The molecule has 0 spiro atoms. The van der Waals surface area contributed by atoms with E-state index in [-0.39, 0.29) is 5.54 Å². The minimum absolute atomic E-state index is 0.0540. The number of rotatable bonds is 2. The van der Waals surface area contributed by atoms with Crippen molar-refractivity contribution in [2.75, 3.05) is 19.1 Å². The minimum atomic E-state index is -0.0540. The van der Waals surface area contributed by atoms with Crippen molar-refractivity contribution in [2.45, 2.75) is 40.2 Å². The molecule has 1 aliphatic carbocycles. The lowest BCUT2D eigenvalue weighted by Gasteiger charge is -2.41. The van der Waals surface area contributed by atoms with Gasteiger partial charge in [-0.3, -0.25) is 0 Å². The predicted octanol–water partition coefficient (Wildman–Crippen LogP) is 6.69. The van der Waals surface area contributed by atoms with Gasteiger partial charge in [0.1, 0.15) is 5.75 Å². The molecule has 0 saturated carbocycles. The molecule has 5 rings (SSSR count). The zero-order chi connectivity index (χ0) is 24.5. The van der Waals surface area contributed by atoms with Crippen molar-refractivity contribution in [3.8, 4) is 28.1 Å². The van der Waals surface area contributed by atoms with Crippen LogP contribution in [0.5, 0.6) is 5.75 Å². The Morgan fingerprint density at radius 3 is 2.21 bits per heavy atom. The van der Waals surface area contributed by atoms with Crippen LogP contribution in [0.2, 0.25) is 0 Å². The number of ether oxygens (including phenoxy) is 1. The van der Waals surface area contributed by atoms with Crippen LogP contribution >= 0.6 is 0 Å². The largest absolute Gasteiger partial charge is 0.496 e. The number of methoxy groups -OCH3 is 1. The fraction of sp³-hybridized carbons (Fsp3) is 0.300. The van der Waals surface area contributed by atoms with Gasteiger partial charge < -0.3 is 19.6 Å². The molecular weight excluding hydrogens is 418 g/mol. The Morgan fingerprint density at radius 2 is 1.56 bits per heavy atom. The number of anilines is 1. The molecule has 4 nitrogen and oxygen atoms in total. The Kier molecular flexibility index (Phi) is 4.91. The number of nitrogens with zero attached hydrogens (tertiary/aromatic N) is 2. The average Bonchev–Trinajstić information content (AvgIpc) is 2.77. The highest BCUT2D eigenvalue weighted by Crippen LogP contribution is 2.47. The third kappa shape index (κ3) is 3.08. The second-order valence-electron chi connectivity index (χ2n) is 10.2. The van der Waals surface area contributed by atoms with Crippen molar-refractivity contribution in [1.29, 1.82) is 5.41 Å². The summed E-state index contributed by atoms with van der Waals surface area (Å²) in [6.45, 7) is 10.9. The van der Waals surface area contributed by atoms with Gasteiger partial charge in [0.2, 0.25) is 0 Å². The topological polar surface area (TPSA) is 41.2 Å². The van der Waals surface area contributed by atoms with E-state index in [1.807, 2.05) is 12.1 Å². The fourth-order valence-electron chi connectivity index (χ4n) is 5.82. The molecule has 0 bridgehead atoms. The Morgan fingerprint density at radius 1 is 0.882 bits per heavy atom. The van der Waals surface area contributed by atoms with Crippen LogP contribution in [0.3, 0.4) is 0 Å². The zero-order valence-electron chi connectivity index (χ0n) is 21.4. The van der Waals surface area contributed by atoms with E-state index in [1.165, 1.54) is 38.9 Å². The summed E-state index contributed by atoms with van der Waals surface area (Å²) in [7, 11) is 6.04. The number of allylic oxidation sites excluding steroid dienone is 1. The second kappa shape index (κ2) is 7.49. The maximum Gasteiger partial charge on any atom is 0.124 e. The van der Waals surface area contributed by atoms with Crippen molar-refractivity contribution in [1.82, 2.24) is 4.57 Å². The third-order valence-electron chi connectivity index (χ3n) is 7.53. The average molecular weight is 452 g/mol. The summed E-state index contributed by atoms with van der Waals surface area (Å²) in [5, 5.41) is 10.1. The number of hydrogen-bond acceptors (Lipinski definition) is 3. The van der Waals surface area contributed by atoms with Crippen molar-refractivity contribution in [2.24, 2.45) is 7.05 Å². The molecule has 0 atom stereocenters. The lowest BCUT2D eigenvalue weighted by molar-refractivity contribution is 0.408. The van der Waals surface area contributed by atoms with Gasteiger partial charge in [0.15, 0.2) is 0 Å². The number of pyridine rings is 1. The van der Waals surface area contributed by atoms with E-state index < -0.39 is 0 Å². The molecule has 0 unspecified atom stereocenters. The smallest absolute Gasteiger partial charge is 0.124 e. The third-order valence-corrected chi connectivity index (χ3v) is 7.53. The van der Waals surface area contributed by atoms with E-state index in [0.717, 1.165) is 28.1 Å². The first-order chi connectivity index (χ1) is 16.0. The summed E-state index contributed by atoms with van der Waals surface area (Å²) in [6, 6.07) is 15.0. The fourth-order valence-corrected chi connectivity index (χ4v) is 5.82. The molecule has 0 aromatic heterocycles. The van der Waals surface area contributed by atoms with Gasteiger partial charge >= 0.3 is 0 Å². The molecule has 3 aliphatic rings. The molecule has 2 aliphatic heterocycles. The van der Waals surface area contributed by atoms with Gasteiger partial charge in [-0.05, 0) is 87.2 Å². The Labute approximate surface area is 202 Å². The number of hydrogen-bond donors (Lipinski definition) is 1. The van der Waals surface area contributed by atoms with Gasteiger partial charge in [-0.15, -0.1) is 0 Å². The molecule has 0 fully saturated rings. The first-order valence-corrected chi connectivity index (χ1v) is 11.8. The predicted molar refractivity (Wildman–Crippen MR) is 143 cm³/mol. The van der Waals surface area contributed by atoms with Crippen molar-refractivity contribution in [3.63, 3.8) is 0 Å². The van der Waals surface area contributed by atoms with Crippen molar-refractivity contribution in [3.05, 3.63) is 70.6 Å². The van der Waals surface area contributed by atoms with Gasteiger partial charge in [-0.25, -0.2) is 0 Å². The van der Waals surface area contributed by atoms with E-state index >= 15 is 0 Å². The zero-order valence-corrected chi connectivity index (χ0v) is 21.4. The molecule has 2 aromatic rings. The van der Waals surface area contributed by atoms with Crippen molar-refractivity contribution >= 4 is 22.2 Å². The van der Waals surface area contributed by atoms with Crippen molar-refractivity contribution < 1.29 is 4.74 Å². The number of nitrogens with one attached hydrogen (secondary N) is 1. The highest BCUT2D eigenvalue weighted by Gasteiger charge is 2.31. The molecule has 2 heterocycles. The van der Waals surface area contributed by atoms with Crippen LogP contribution in [-0.4, -0.2) is 24.3 Å². The normalized spacial score (nSPS) is 14.9. The van der Waals surface area contributed by atoms with Crippen LogP contribution in [0.25, 0.3) is 38.9 Å². The van der Waals surface area contributed by atoms with Crippen LogP contribution in [0.1, 0.15) is 37.5 Å². The van der Waals surface area contributed by atoms with Crippen LogP contribution in [0.15, 0.2) is 48.5 Å². The number of likely N-dealkylation sites (N-methyl/N-ethyl adjacent to an activating group) is 1. The summed E-state index contributed by atoms with van der Waals surface area (Å²) in [6.07, 6.45) is 2.36. The molecular formula is C30H33N3O. The first-order valence-electron chi connectivity index (χ1n) is 11.8. The Hall–Kier alpha value is -3.53. The SMILES string of the molecule is COc1c(C)cc(-c2c3ccc(=N)cc-3n(C)c3c4c(ccc23)N(C)C(C)(C)C=C4C)cc1C. The number of aryl methyl sites for hydroxylation is 3. The summed E-state index contributed by atoms with van der Waals surface area (Å²) in [5.41, 5.74) is 11.8. The van der Waals surface area contributed by atoms with Gasteiger partial charge in [0.25, 0.3) is 0 Å². The molecule has 0 amide bonds. The maximum absolute atomic E-state index is 8.34. The van der Waals surface area contributed by atoms with Gasteiger partial charge in [-0.1, -0.05) is 18.2 Å². The van der Waals surface area contributed by atoms with Crippen LogP contribution < -0.4 is 15.0 Å². The van der Waals surface area contributed by atoms with E-state index in [2.05, 4.69) is 94.6 Å². The molecule has 4 heteroatoms. The monoisotopic (exact) mass is 451 g/mol. The highest BCUT2D eigenvalue weighted by molar-refractivity contribution is 6.10. The molecule has 34 heavy (non-hydrogen) atoms.